The summed E-state index contributed by atoms with van der Waals surface area (Å²) in [6.07, 6.45) is -0.567. The highest BCUT2D eigenvalue weighted by Crippen LogP contribution is 2.16. The number of benzene rings is 2. The summed E-state index contributed by atoms with van der Waals surface area (Å²) in [7, 11) is -3.67. The predicted octanol–water partition coefficient (Wildman–Crippen LogP) is 0.449. The zero-order chi connectivity index (χ0) is 17.9. The third kappa shape index (κ3) is 4.24. The number of sulfonamides is 1. The van der Waals surface area contributed by atoms with Crippen molar-refractivity contribution < 1.29 is 22.8 Å². The maximum atomic E-state index is 13.3. The van der Waals surface area contributed by atoms with Crippen LogP contribution in [0.3, 0.4) is 0 Å². The summed E-state index contributed by atoms with van der Waals surface area (Å²) in [5, 5.41) is 10.3. The standard InChI is InChI=1S/C18H21FN2O3S/c19-16-7-4-8-17(13-16)25(23,24)21-11-9-20(10-12-21)14-18(22)15-5-2-1-3-6-15/h1-8,13,18,22H,9-12,14H2/p+1/t18-/m1/s1. The van der Waals surface area contributed by atoms with E-state index in [9.17, 15) is 17.9 Å². The van der Waals surface area contributed by atoms with Crippen molar-refractivity contribution in [2.75, 3.05) is 32.7 Å². The van der Waals surface area contributed by atoms with Gasteiger partial charge < -0.3 is 10.0 Å². The van der Waals surface area contributed by atoms with Gasteiger partial charge >= 0.3 is 0 Å². The summed E-state index contributed by atoms with van der Waals surface area (Å²) in [5.74, 6) is -0.559. The van der Waals surface area contributed by atoms with Crippen LogP contribution in [0.25, 0.3) is 0 Å². The first-order chi connectivity index (χ1) is 12.0. The van der Waals surface area contributed by atoms with E-state index in [1.807, 2.05) is 30.3 Å². The highest BCUT2D eigenvalue weighted by atomic mass is 32.2. The van der Waals surface area contributed by atoms with Gasteiger partial charge in [-0.25, -0.2) is 12.8 Å². The molecule has 0 aromatic heterocycles. The number of aliphatic hydroxyl groups is 1. The minimum absolute atomic E-state index is 0.0136. The zero-order valence-electron chi connectivity index (χ0n) is 13.8. The number of nitrogens with one attached hydrogen (secondary N) is 1. The lowest BCUT2D eigenvalue weighted by molar-refractivity contribution is -0.907. The van der Waals surface area contributed by atoms with Crippen LogP contribution in [0.15, 0.2) is 59.5 Å². The van der Waals surface area contributed by atoms with E-state index in [1.54, 1.807) is 0 Å². The molecule has 1 fully saturated rings. The molecule has 0 amide bonds. The molecule has 0 unspecified atom stereocenters. The summed E-state index contributed by atoms with van der Waals surface area (Å²) < 4.78 is 39.9. The molecule has 1 atom stereocenters. The fourth-order valence-electron chi connectivity index (χ4n) is 3.09. The lowest BCUT2D eigenvalue weighted by Crippen LogP contribution is -3.15. The second-order valence-electron chi connectivity index (χ2n) is 6.24. The first-order valence-corrected chi connectivity index (χ1v) is 9.73. The Bertz CT molecular complexity index is 806. The van der Waals surface area contributed by atoms with Crippen molar-refractivity contribution in [1.29, 1.82) is 0 Å². The van der Waals surface area contributed by atoms with Crippen molar-refractivity contribution in [1.82, 2.24) is 4.31 Å². The monoisotopic (exact) mass is 365 g/mol. The van der Waals surface area contributed by atoms with Crippen LogP contribution in [0, 0.1) is 5.82 Å². The van der Waals surface area contributed by atoms with Gasteiger partial charge in [0.15, 0.2) is 0 Å². The van der Waals surface area contributed by atoms with Gasteiger partial charge in [0.1, 0.15) is 18.5 Å². The maximum Gasteiger partial charge on any atom is 0.243 e. The Labute approximate surface area is 147 Å². The van der Waals surface area contributed by atoms with Crippen LogP contribution in [0.5, 0.6) is 0 Å². The normalized spacial score (nSPS) is 18.2. The maximum absolute atomic E-state index is 13.3. The van der Waals surface area contributed by atoms with Crippen molar-refractivity contribution in [2.45, 2.75) is 11.0 Å². The molecule has 0 spiro atoms. The average Bonchev–Trinajstić information content (AvgIpc) is 2.63. The molecule has 1 aliphatic heterocycles. The molecule has 0 radical (unpaired) electrons. The summed E-state index contributed by atoms with van der Waals surface area (Å²) in [6.45, 7) is 2.47. The number of halogens is 1. The molecular formula is C18H22FN2O3S+. The number of piperazine rings is 1. The molecule has 1 aliphatic rings. The summed E-state index contributed by atoms with van der Waals surface area (Å²) in [4.78, 5) is 1.14. The molecule has 0 bridgehead atoms. The molecule has 0 saturated carbocycles. The van der Waals surface area contributed by atoms with Gasteiger partial charge in [-0.15, -0.1) is 0 Å². The molecule has 2 N–H and O–H groups in total. The Morgan fingerprint density at radius 1 is 1.08 bits per heavy atom. The van der Waals surface area contributed by atoms with E-state index in [0.29, 0.717) is 32.7 Å². The summed E-state index contributed by atoms with van der Waals surface area (Å²) in [5.41, 5.74) is 0.866. The smallest absolute Gasteiger partial charge is 0.243 e. The van der Waals surface area contributed by atoms with Crippen molar-refractivity contribution in [3.8, 4) is 0 Å². The van der Waals surface area contributed by atoms with Gasteiger partial charge in [-0.1, -0.05) is 36.4 Å². The predicted molar refractivity (Wildman–Crippen MR) is 92.1 cm³/mol. The van der Waals surface area contributed by atoms with Crippen LogP contribution in [0.4, 0.5) is 4.39 Å². The fourth-order valence-corrected chi connectivity index (χ4v) is 4.56. The minimum atomic E-state index is -3.67. The third-order valence-electron chi connectivity index (χ3n) is 4.53. The summed E-state index contributed by atoms with van der Waals surface area (Å²) in [6, 6.07) is 14.5. The van der Waals surface area contributed by atoms with Crippen LogP contribution < -0.4 is 4.90 Å². The third-order valence-corrected chi connectivity index (χ3v) is 6.42. The van der Waals surface area contributed by atoms with E-state index in [0.717, 1.165) is 16.5 Å². The molecule has 5 nitrogen and oxygen atoms in total. The van der Waals surface area contributed by atoms with Crippen molar-refractivity contribution >= 4 is 10.0 Å². The van der Waals surface area contributed by atoms with Gasteiger partial charge in [-0.3, -0.25) is 0 Å². The van der Waals surface area contributed by atoms with Gasteiger partial charge in [0.2, 0.25) is 10.0 Å². The molecule has 7 heteroatoms. The quantitative estimate of drug-likeness (QED) is 0.809. The Morgan fingerprint density at radius 2 is 1.76 bits per heavy atom. The molecule has 25 heavy (non-hydrogen) atoms. The van der Waals surface area contributed by atoms with E-state index >= 15 is 0 Å². The second kappa shape index (κ2) is 7.61. The van der Waals surface area contributed by atoms with Crippen LogP contribution in [0.1, 0.15) is 11.7 Å². The topological polar surface area (TPSA) is 62.0 Å². The van der Waals surface area contributed by atoms with Gasteiger partial charge in [-0.2, -0.15) is 4.31 Å². The Morgan fingerprint density at radius 3 is 2.40 bits per heavy atom. The number of aliphatic hydroxyl groups excluding tert-OH is 1. The SMILES string of the molecule is O=S(=O)(c1cccc(F)c1)N1CC[NH+](C[C@@H](O)c2ccccc2)CC1. The number of quaternary nitrogens is 1. The zero-order valence-corrected chi connectivity index (χ0v) is 14.6. The van der Waals surface area contributed by atoms with Crippen LogP contribution >= 0.6 is 0 Å². The lowest BCUT2D eigenvalue weighted by atomic mass is 10.1. The first-order valence-electron chi connectivity index (χ1n) is 8.29. The number of hydrogen-bond donors (Lipinski definition) is 2. The van der Waals surface area contributed by atoms with Crippen molar-refractivity contribution in [2.24, 2.45) is 0 Å². The van der Waals surface area contributed by atoms with Crippen LogP contribution in [-0.2, 0) is 10.0 Å². The van der Waals surface area contributed by atoms with Crippen LogP contribution in [0.2, 0.25) is 0 Å². The van der Waals surface area contributed by atoms with Gasteiger partial charge in [0, 0.05) is 0 Å². The van der Waals surface area contributed by atoms with Crippen molar-refractivity contribution in [3.05, 3.63) is 66.0 Å². The molecule has 134 valence electrons. The largest absolute Gasteiger partial charge is 0.382 e. The molecule has 1 saturated heterocycles. The molecule has 0 aliphatic carbocycles. The number of rotatable bonds is 5. The van der Waals surface area contributed by atoms with E-state index in [2.05, 4.69) is 0 Å². The Hall–Kier alpha value is -1.80. The molecule has 2 aromatic rings. The first kappa shape index (κ1) is 18.0. The molecule has 1 heterocycles. The number of nitrogens with zero attached hydrogens (tertiary/aromatic N) is 1. The van der Waals surface area contributed by atoms with E-state index in [-0.39, 0.29) is 4.90 Å². The Balaban J connectivity index is 1.60. The fraction of sp³-hybridized carbons (Fsp3) is 0.333. The average molecular weight is 365 g/mol. The van der Waals surface area contributed by atoms with Gasteiger partial charge in [0.05, 0.1) is 31.1 Å². The second-order valence-corrected chi connectivity index (χ2v) is 8.18. The van der Waals surface area contributed by atoms with Gasteiger partial charge in [0.25, 0.3) is 0 Å². The van der Waals surface area contributed by atoms with E-state index in [4.69, 9.17) is 0 Å². The highest BCUT2D eigenvalue weighted by Gasteiger charge is 2.31. The minimum Gasteiger partial charge on any atom is -0.382 e. The summed E-state index contributed by atoms with van der Waals surface area (Å²) >= 11 is 0. The molecule has 2 aromatic carbocycles. The van der Waals surface area contributed by atoms with E-state index in [1.165, 1.54) is 22.5 Å². The van der Waals surface area contributed by atoms with Crippen molar-refractivity contribution in [3.63, 3.8) is 0 Å². The van der Waals surface area contributed by atoms with Crippen LogP contribution in [-0.4, -0.2) is 50.6 Å². The Kier molecular flexibility index (Phi) is 5.48. The lowest BCUT2D eigenvalue weighted by Gasteiger charge is -2.32. The van der Waals surface area contributed by atoms with Gasteiger partial charge in [-0.05, 0) is 23.8 Å². The number of hydrogen-bond acceptors (Lipinski definition) is 3. The molecular weight excluding hydrogens is 343 g/mol. The molecule has 3 rings (SSSR count). The van der Waals surface area contributed by atoms with E-state index < -0.39 is 21.9 Å². The highest BCUT2D eigenvalue weighted by molar-refractivity contribution is 7.89.